The molecule has 5 rings (SSSR count). The Hall–Kier alpha value is -2.98. The van der Waals surface area contributed by atoms with E-state index in [2.05, 4.69) is 25.5 Å². The molecule has 2 aromatic rings. The fraction of sp³-hybridized carbons (Fsp3) is 0.625. The number of nitrogens with zero attached hydrogens (tertiary/aromatic N) is 4. The van der Waals surface area contributed by atoms with Crippen LogP contribution in [0.5, 0.6) is 0 Å². The van der Waals surface area contributed by atoms with Crippen LogP contribution in [0.15, 0.2) is 18.5 Å². The summed E-state index contributed by atoms with van der Waals surface area (Å²) >= 11 is 0. The fourth-order valence-corrected chi connectivity index (χ4v) is 5.54. The van der Waals surface area contributed by atoms with E-state index in [0.29, 0.717) is 49.3 Å². The molecule has 2 amide bonds. The Bertz CT molecular complexity index is 1100. The molecule has 2 saturated carbocycles. The summed E-state index contributed by atoms with van der Waals surface area (Å²) in [4.78, 5) is 36.4. The SMILES string of the molecule is Cc1cc(-c2cc(C(=O)N3CCC(C(=O)NC4CCC(C(F)(F)F)CC4)CC34CC4)n[nH]2)ncn1. The summed E-state index contributed by atoms with van der Waals surface area (Å²) in [5, 5.41) is 10.1. The first-order valence-corrected chi connectivity index (χ1v) is 12.2. The number of rotatable bonds is 4. The highest BCUT2D eigenvalue weighted by molar-refractivity contribution is 5.94. The van der Waals surface area contributed by atoms with E-state index in [4.69, 9.17) is 0 Å². The smallest absolute Gasteiger partial charge is 0.353 e. The van der Waals surface area contributed by atoms with Crippen molar-refractivity contribution >= 4 is 11.8 Å². The monoisotopic (exact) mass is 490 g/mol. The Kier molecular flexibility index (Phi) is 6.04. The molecular weight excluding hydrogens is 461 g/mol. The van der Waals surface area contributed by atoms with Gasteiger partial charge in [-0.3, -0.25) is 14.7 Å². The van der Waals surface area contributed by atoms with Gasteiger partial charge < -0.3 is 10.2 Å². The van der Waals surface area contributed by atoms with E-state index in [9.17, 15) is 22.8 Å². The van der Waals surface area contributed by atoms with Crippen LogP contribution in [0.2, 0.25) is 0 Å². The summed E-state index contributed by atoms with van der Waals surface area (Å²) in [6.45, 7) is 2.31. The largest absolute Gasteiger partial charge is 0.391 e. The van der Waals surface area contributed by atoms with E-state index < -0.39 is 12.1 Å². The van der Waals surface area contributed by atoms with Crippen LogP contribution in [-0.4, -0.2) is 61.2 Å². The number of hydrogen-bond acceptors (Lipinski definition) is 5. The minimum absolute atomic E-state index is 0.0611. The number of amides is 2. The van der Waals surface area contributed by atoms with E-state index in [0.717, 1.165) is 18.5 Å². The number of piperidine rings is 1. The van der Waals surface area contributed by atoms with Crippen molar-refractivity contribution in [1.82, 2.24) is 30.4 Å². The zero-order chi connectivity index (χ0) is 24.8. The zero-order valence-electron chi connectivity index (χ0n) is 19.6. The zero-order valence-corrected chi connectivity index (χ0v) is 19.6. The molecule has 8 nitrogen and oxygen atoms in total. The molecule has 2 aromatic heterocycles. The highest BCUT2D eigenvalue weighted by atomic mass is 19.4. The third-order valence-electron chi connectivity index (χ3n) is 7.76. The van der Waals surface area contributed by atoms with E-state index in [1.165, 1.54) is 6.33 Å². The highest BCUT2D eigenvalue weighted by Gasteiger charge is 2.55. The Morgan fingerprint density at radius 1 is 1.11 bits per heavy atom. The van der Waals surface area contributed by atoms with Crippen molar-refractivity contribution in [2.75, 3.05) is 6.54 Å². The summed E-state index contributed by atoms with van der Waals surface area (Å²) < 4.78 is 38.7. The Morgan fingerprint density at radius 2 is 1.86 bits per heavy atom. The van der Waals surface area contributed by atoms with Gasteiger partial charge in [-0.25, -0.2) is 9.97 Å². The molecule has 11 heteroatoms. The number of halogens is 3. The van der Waals surface area contributed by atoms with Gasteiger partial charge in [0.25, 0.3) is 5.91 Å². The lowest BCUT2D eigenvalue weighted by atomic mass is 9.84. The van der Waals surface area contributed by atoms with Crippen LogP contribution in [0.3, 0.4) is 0 Å². The molecular formula is C24H29F3N6O2. The first kappa shape index (κ1) is 23.7. The van der Waals surface area contributed by atoms with Crippen LogP contribution in [-0.2, 0) is 4.79 Å². The maximum Gasteiger partial charge on any atom is 0.391 e. The van der Waals surface area contributed by atoms with Crippen LogP contribution >= 0.6 is 0 Å². The van der Waals surface area contributed by atoms with Gasteiger partial charge in [-0.15, -0.1) is 0 Å². The maximum absolute atomic E-state index is 13.3. The minimum atomic E-state index is -4.16. The minimum Gasteiger partial charge on any atom is -0.353 e. The van der Waals surface area contributed by atoms with E-state index in [-0.39, 0.29) is 42.2 Å². The molecule has 1 saturated heterocycles. The summed E-state index contributed by atoms with van der Waals surface area (Å²) in [6.07, 6.45) is 0.905. The number of H-pyrrole nitrogens is 1. The van der Waals surface area contributed by atoms with Gasteiger partial charge in [-0.05, 0) is 70.4 Å². The van der Waals surface area contributed by atoms with Gasteiger partial charge in [0.05, 0.1) is 17.3 Å². The van der Waals surface area contributed by atoms with Crippen LogP contribution in [0.4, 0.5) is 13.2 Å². The molecule has 1 spiro atoms. The summed E-state index contributed by atoms with van der Waals surface area (Å²) in [5.41, 5.74) is 2.08. The van der Waals surface area contributed by atoms with E-state index in [1.54, 1.807) is 6.07 Å². The molecule has 0 bridgehead atoms. The van der Waals surface area contributed by atoms with Crippen molar-refractivity contribution < 1.29 is 22.8 Å². The molecule has 0 aromatic carbocycles. The Morgan fingerprint density at radius 3 is 2.51 bits per heavy atom. The third-order valence-corrected chi connectivity index (χ3v) is 7.76. The molecule has 1 aliphatic heterocycles. The number of aromatic amines is 1. The lowest BCUT2D eigenvalue weighted by Gasteiger charge is -2.40. The second-order valence-corrected chi connectivity index (χ2v) is 10.2. The number of nitrogens with one attached hydrogen (secondary N) is 2. The number of likely N-dealkylation sites (tertiary alicyclic amines) is 1. The number of hydrogen-bond donors (Lipinski definition) is 2. The molecule has 3 aliphatic rings. The maximum atomic E-state index is 13.3. The van der Waals surface area contributed by atoms with Gasteiger partial charge in [-0.1, -0.05) is 0 Å². The topological polar surface area (TPSA) is 104 Å². The average molecular weight is 491 g/mol. The molecule has 1 unspecified atom stereocenters. The van der Waals surface area contributed by atoms with Crippen molar-refractivity contribution in [3.63, 3.8) is 0 Å². The normalized spacial score (nSPS) is 25.9. The Balaban J connectivity index is 1.19. The number of alkyl halides is 3. The van der Waals surface area contributed by atoms with Gasteiger partial charge in [0.15, 0.2) is 5.69 Å². The van der Waals surface area contributed by atoms with Crippen LogP contribution < -0.4 is 5.32 Å². The van der Waals surface area contributed by atoms with Crippen molar-refractivity contribution in [3.05, 3.63) is 29.8 Å². The van der Waals surface area contributed by atoms with Crippen molar-refractivity contribution in [3.8, 4) is 11.4 Å². The summed E-state index contributed by atoms with van der Waals surface area (Å²) in [7, 11) is 0. The van der Waals surface area contributed by atoms with Crippen LogP contribution in [0, 0.1) is 18.8 Å². The second kappa shape index (κ2) is 8.91. The first-order chi connectivity index (χ1) is 16.6. The number of carbonyl (C=O) groups is 2. The summed E-state index contributed by atoms with van der Waals surface area (Å²) in [6, 6.07) is 3.30. The quantitative estimate of drug-likeness (QED) is 0.679. The van der Waals surface area contributed by atoms with Gasteiger partial charge >= 0.3 is 6.18 Å². The molecule has 2 N–H and O–H groups in total. The van der Waals surface area contributed by atoms with Gasteiger partial charge in [0.1, 0.15) is 6.33 Å². The van der Waals surface area contributed by atoms with Gasteiger partial charge in [0, 0.05) is 29.7 Å². The standard InChI is InChI=1S/C24H29F3N6O2/c1-14-10-18(29-13-28-14)19-11-20(32-31-19)22(35)33-9-6-15(12-23(33)7-8-23)21(34)30-17-4-2-16(3-5-17)24(25,26)27/h10-11,13,15-17H,2-9,12H2,1H3,(H,30,34)(H,31,32). The highest BCUT2D eigenvalue weighted by Crippen LogP contribution is 2.50. The molecule has 188 valence electrons. The van der Waals surface area contributed by atoms with Gasteiger partial charge in [-0.2, -0.15) is 18.3 Å². The van der Waals surface area contributed by atoms with Crippen molar-refractivity contribution in [2.45, 2.75) is 76.0 Å². The lowest BCUT2D eigenvalue weighted by Crippen LogP contribution is -2.52. The molecule has 0 radical (unpaired) electrons. The Labute approximate surface area is 201 Å². The molecule has 35 heavy (non-hydrogen) atoms. The van der Waals surface area contributed by atoms with Crippen LogP contribution in [0.25, 0.3) is 11.4 Å². The molecule has 2 aliphatic carbocycles. The molecule has 3 fully saturated rings. The number of aryl methyl sites for hydroxylation is 1. The number of aromatic nitrogens is 4. The van der Waals surface area contributed by atoms with Crippen molar-refractivity contribution in [2.24, 2.45) is 11.8 Å². The van der Waals surface area contributed by atoms with Crippen molar-refractivity contribution in [1.29, 1.82) is 0 Å². The fourth-order valence-electron chi connectivity index (χ4n) is 5.54. The predicted octanol–water partition coefficient (Wildman–Crippen LogP) is 3.80. The van der Waals surface area contributed by atoms with Crippen LogP contribution in [0.1, 0.15) is 67.5 Å². The first-order valence-electron chi connectivity index (χ1n) is 12.2. The molecule has 3 heterocycles. The van der Waals surface area contributed by atoms with E-state index >= 15 is 0 Å². The lowest BCUT2D eigenvalue weighted by molar-refractivity contribution is -0.182. The number of carbonyl (C=O) groups excluding carboxylic acids is 2. The van der Waals surface area contributed by atoms with E-state index in [1.807, 2.05) is 17.9 Å². The average Bonchev–Trinajstić information content (AvgIpc) is 3.39. The predicted molar refractivity (Wildman–Crippen MR) is 120 cm³/mol. The third kappa shape index (κ3) is 4.90. The second-order valence-electron chi connectivity index (χ2n) is 10.2. The summed E-state index contributed by atoms with van der Waals surface area (Å²) in [5.74, 6) is -1.76. The van der Waals surface area contributed by atoms with Gasteiger partial charge in [0.2, 0.25) is 5.91 Å². The molecule has 1 atom stereocenters.